The molecule has 0 amide bonds. The Morgan fingerprint density at radius 3 is 1.29 bits per heavy atom. The fourth-order valence-electron chi connectivity index (χ4n) is 7.01. The quantitative estimate of drug-likeness (QED) is 0.0195. The van der Waals surface area contributed by atoms with E-state index in [0.717, 1.165) is 77.0 Å². The summed E-state index contributed by atoms with van der Waals surface area (Å²) in [5.74, 6) is -2.30. The van der Waals surface area contributed by atoms with Gasteiger partial charge in [-0.1, -0.05) is 178 Å². The number of carboxylic acids is 1. The predicted molar refractivity (Wildman–Crippen MR) is 260 cm³/mol. The van der Waals surface area contributed by atoms with Crippen molar-refractivity contribution in [3.8, 4) is 0 Å². The topological polar surface area (TPSA) is 111 Å². The summed E-state index contributed by atoms with van der Waals surface area (Å²) in [6, 6.07) is 0. The van der Waals surface area contributed by atoms with Crippen molar-refractivity contribution in [1.82, 2.24) is 0 Å². The Labute approximate surface area is 387 Å². The summed E-state index contributed by atoms with van der Waals surface area (Å²) in [7, 11) is 5.91. The number of carbonyl (C=O) groups excluding carboxylic acids is 3. The zero-order valence-corrected chi connectivity index (χ0v) is 41.4. The highest BCUT2D eigenvalue weighted by molar-refractivity contribution is 5.70. The molecule has 366 valence electrons. The fraction of sp³-hybridized carbons (Fsp3) is 0.796. The smallest absolute Gasteiger partial charge is 0.306 e. The van der Waals surface area contributed by atoms with Crippen molar-refractivity contribution in [2.75, 3.05) is 47.5 Å². The molecule has 0 fully saturated rings. The van der Waals surface area contributed by atoms with Gasteiger partial charge in [0.25, 0.3) is 0 Å². The molecule has 0 bridgehead atoms. The maximum atomic E-state index is 12.8. The van der Waals surface area contributed by atoms with E-state index < -0.39 is 24.3 Å². The largest absolute Gasteiger partial charge is 0.545 e. The second-order valence-electron chi connectivity index (χ2n) is 18.5. The Hall–Kier alpha value is -2.75. The van der Waals surface area contributed by atoms with Gasteiger partial charge in [-0.2, -0.15) is 0 Å². The van der Waals surface area contributed by atoms with Gasteiger partial charge < -0.3 is 33.3 Å². The number of carbonyl (C=O) groups is 3. The molecule has 0 spiro atoms. The first-order chi connectivity index (χ1) is 30.6. The number of unbranched alkanes of at least 4 members (excludes halogenated alkanes) is 24. The highest BCUT2D eigenvalue weighted by Gasteiger charge is 2.22. The van der Waals surface area contributed by atoms with Gasteiger partial charge in [-0.05, 0) is 77.0 Å². The highest BCUT2D eigenvalue weighted by atomic mass is 16.7. The molecule has 0 saturated heterocycles. The van der Waals surface area contributed by atoms with Crippen LogP contribution in [0.4, 0.5) is 0 Å². The molecule has 0 aliphatic heterocycles. The Balaban J connectivity index is 4.35. The van der Waals surface area contributed by atoms with E-state index in [-0.39, 0.29) is 38.6 Å². The van der Waals surface area contributed by atoms with E-state index in [9.17, 15) is 19.5 Å². The molecule has 2 unspecified atom stereocenters. The second kappa shape index (κ2) is 45.8. The van der Waals surface area contributed by atoms with Crippen molar-refractivity contribution in [2.24, 2.45) is 0 Å². The monoisotopic (exact) mass is 888 g/mol. The van der Waals surface area contributed by atoms with Crippen LogP contribution >= 0.6 is 0 Å². The van der Waals surface area contributed by atoms with Crippen molar-refractivity contribution >= 4 is 17.9 Å². The molecule has 0 aliphatic carbocycles. The first-order valence-electron chi connectivity index (χ1n) is 25.8. The Morgan fingerprint density at radius 1 is 0.476 bits per heavy atom. The first-order valence-corrected chi connectivity index (χ1v) is 25.8. The number of carboxylic acid groups (broad SMARTS) is 1. The van der Waals surface area contributed by atoms with Crippen LogP contribution in [0.3, 0.4) is 0 Å². The standard InChI is InChI=1S/C54H97NO8/c1-6-8-10-12-14-16-18-20-22-23-24-25-26-27-28-29-31-33-35-37-39-41-43-45-52(57)63-50(49-62-54(53(58)59)60-47-46-55(3,4)5)48-61-51(56)44-42-40-38-36-34-32-30-21-19-17-15-13-11-9-7-2/h18,20-21,23-24,26-27,30,50,54H,6-17,19,22,25,28-29,31-49H2,1-5H3/b20-18-,24-23-,27-26-,30-21-. The van der Waals surface area contributed by atoms with Gasteiger partial charge in [-0.25, -0.2) is 0 Å². The molecule has 0 saturated carbocycles. The molecule has 0 aromatic heterocycles. The Kier molecular flexibility index (Phi) is 43.8. The van der Waals surface area contributed by atoms with Crippen LogP contribution in [0.1, 0.15) is 219 Å². The highest BCUT2D eigenvalue weighted by Crippen LogP contribution is 2.14. The maximum Gasteiger partial charge on any atom is 0.306 e. The van der Waals surface area contributed by atoms with Crippen molar-refractivity contribution < 1.29 is 42.9 Å². The number of esters is 2. The molecule has 0 aliphatic rings. The van der Waals surface area contributed by atoms with E-state index in [4.69, 9.17) is 18.9 Å². The molecule has 0 rings (SSSR count). The average molecular weight is 888 g/mol. The molecule has 9 heteroatoms. The molecule has 0 radical (unpaired) electrons. The minimum absolute atomic E-state index is 0.144. The predicted octanol–water partition coefficient (Wildman–Crippen LogP) is 13.0. The summed E-state index contributed by atoms with van der Waals surface area (Å²) >= 11 is 0. The van der Waals surface area contributed by atoms with Crippen LogP contribution < -0.4 is 5.11 Å². The van der Waals surface area contributed by atoms with Gasteiger partial charge in [0.05, 0.1) is 40.3 Å². The van der Waals surface area contributed by atoms with Gasteiger partial charge in [-0.3, -0.25) is 9.59 Å². The van der Waals surface area contributed by atoms with Crippen molar-refractivity contribution in [3.63, 3.8) is 0 Å². The summed E-state index contributed by atoms with van der Waals surface area (Å²) < 4.78 is 22.6. The number of ether oxygens (including phenoxy) is 4. The Bertz CT molecular complexity index is 1170. The Morgan fingerprint density at radius 2 is 0.857 bits per heavy atom. The van der Waals surface area contributed by atoms with E-state index in [2.05, 4.69) is 62.5 Å². The number of hydrogen-bond acceptors (Lipinski definition) is 8. The lowest BCUT2D eigenvalue weighted by molar-refractivity contribution is -0.870. The van der Waals surface area contributed by atoms with E-state index in [1.807, 2.05) is 21.1 Å². The molecule has 0 aromatic rings. The molecule has 0 heterocycles. The van der Waals surface area contributed by atoms with Crippen LogP contribution in [-0.4, -0.2) is 82.3 Å². The first kappa shape index (κ1) is 60.2. The maximum absolute atomic E-state index is 12.8. The van der Waals surface area contributed by atoms with Crippen LogP contribution in [0.2, 0.25) is 0 Å². The molecule has 0 aromatic carbocycles. The fourth-order valence-corrected chi connectivity index (χ4v) is 7.01. The average Bonchev–Trinajstić information content (AvgIpc) is 3.24. The number of nitrogens with zero attached hydrogens (tertiary/aromatic N) is 1. The van der Waals surface area contributed by atoms with E-state index in [1.165, 1.54) is 109 Å². The van der Waals surface area contributed by atoms with Crippen molar-refractivity contribution in [1.29, 1.82) is 0 Å². The van der Waals surface area contributed by atoms with Crippen LogP contribution in [0.15, 0.2) is 48.6 Å². The number of aliphatic carboxylic acids is 1. The van der Waals surface area contributed by atoms with E-state index >= 15 is 0 Å². The number of quaternary nitrogens is 1. The van der Waals surface area contributed by atoms with Crippen molar-refractivity contribution in [3.05, 3.63) is 48.6 Å². The molecule has 9 nitrogen and oxygen atoms in total. The van der Waals surface area contributed by atoms with Gasteiger partial charge in [0.1, 0.15) is 13.2 Å². The van der Waals surface area contributed by atoms with Crippen LogP contribution in [-0.2, 0) is 33.3 Å². The third-order valence-electron chi connectivity index (χ3n) is 11.0. The van der Waals surface area contributed by atoms with Crippen molar-refractivity contribution in [2.45, 2.75) is 232 Å². The third-order valence-corrected chi connectivity index (χ3v) is 11.0. The lowest BCUT2D eigenvalue weighted by Crippen LogP contribution is -2.44. The van der Waals surface area contributed by atoms with Gasteiger partial charge in [0.15, 0.2) is 12.4 Å². The molecular formula is C54H97NO8. The summed E-state index contributed by atoms with van der Waals surface area (Å²) in [6.07, 6.45) is 51.4. The van der Waals surface area contributed by atoms with Gasteiger partial charge >= 0.3 is 11.9 Å². The third kappa shape index (κ3) is 47.0. The SMILES string of the molecule is CCCCCCC/C=C\C/C=C\C/C=C\CCCCCCCCCCC(=O)OC(COC(=O)CCCCCCC/C=C\CCCCCCCC)COC(OCC[N+](C)(C)C)C(=O)[O-]. The molecular weight excluding hydrogens is 791 g/mol. The molecule has 63 heavy (non-hydrogen) atoms. The second-order valence-corrected chi connectivity index (χ2v) is 18.5. The van der Waals surface area contributed by atoms with Crippen LogP contribution in [0.25, 0.3) is 0 Å². The number of allylic oxidation sites excluding steroid dienone is 8. The lowest BCUT2D eigenvalue weighted by Gasteiger charge is -2.26. The minimum Gasteiger partial charge on any atom is -0.545 e. The summed E-state index contributed by atoms with van der Waals surface area (Å²) in [5, 5.41) is 11.7. The summed E-state index contributed by atoms with van der Waals surface area (Å²) in [5.41, 5.74) is 0. The van der Waals surface area contributed by atoms with Gasteiger partial charge in [0, 0.05) is 12.8 Å². The van der Waals surface area contributed by atoms with E-state index in [1.54, 1.807) is 0 Å². The minimum atomic E-state index is -1.62. The van der Waals surface area contributed by atoms with Crippen LogP contribution in [0, 0.1) is 0 Å². The van der Waals surface area contributed by atoms with Gasteiger partial charge in [-0.15, -0.1) is 0 Å². The number of hydrogen-bond donors (Lipinski definition) is 0. The number of likely N-dealkylation sites (N-methyl/N-ethyl adjacent to an activating group) is 1. The summed E-state index contributed by atoms with van der Waals surface area (Å²) in [6.45, 7) is 4.71. The molecule has 0 N–H and O–H groups in total. The number of rotatable bonds is 47. The van der Waals surface area contributed by atoms with Crippen LogP contribution in [0.5, 0.6) is 0 Å². The zero-order valence-electron chi connectivity index (χ0n) is 41.4. The van der Waals surface area contributed by atoms with E-state index in [0.29, 0.717) is 17.4 Å². The zero-order chi connectivity index (χ0) is 46.3. The normalized spacial score (nSPS) is 13.2. The lowest BCUT2D eigenvalue weighted by atomic mass is 10.1. The summed E-state index contributed by atoms with van der Waals surface area (Å²) in [4.78, 5) is 37.1. The van der Waals surface area contributed by atoms with Gasteiger partial charge in [0.2, 0.25) is 0 Å². The molecule has 2 atom stereocenters.